The first-order chi connectivity index (χ1) is 26.9. The van der Waals surface area contributed by atoms with Crippen molar-refractivity contribution in [2.24, 2.45) is 0 Å². The number of carbonyl (C=O) groups excluding carboxylic acids is 3. The zero-order valence-electron chi connectivity index (χ0n) is 36.3. The lowest BCUT2D eigenvalue weighted by Crippen LogP contribution is -2.60. The summed E-state index contributed by atoms with van der Waals surface area (Å²) in [7, 11) is 1.69. The maximum absolute atomic E-state index is 13.0. The fourth-order valence-electron chi connectivity index (χ4n) is 7.40. The molecule has 1 rings (SSSR count). The van der Waals surface area contributed by atoms with E-state index in [0.29, 0.717) is 32.5 Å². The molecule has 1 N–H and O–H groups in total. The lowest BCUT2D eigenvalue weighted by Gasteiger charge is -2.43. The fourth-order valence-corrected chi connectivity index (χ4v) is 7.40. The number of likely N-dealkylation sites (N-methyl/N-ethyl adjacent to an activating group) is 1. The summed E-state index contributed by atoms with van der Waals surface area (Å²) in [4.78, 5) is 41.7. The Morgan fingerprint density at radius 3 is 1.16 bits per heavy atom. The second kappa shape index (κ2) is 37.7. The molecule has 1 heterocycles. The highest BCUT2D eigenvalue weighted by Gasteiger charge is 2.34. The van der Waals surface area contributed by atoms with Gasteiger partial charge in [0.2, 0.25) is 0 Å². The van der Waals surface area contributed by atoms with Crippen LogP contribution in [0.15, 0.2) is 0 Å². The summed E-state index contributed by atoms with van der Waals surface area (Å²) in [5.41, 5.74) is 0. The van der Waals surface area contributed by atoms with Crippen molar-refractivity contribution in [2.75, 3.05) is 46.5 Å². The van der Waals surface area contributed by atoms with Crippen LogP contribution in [0.4, 0.5) is 4.79 Å². The van der Waals surface area contributed by atoms with Crippen LogP contribution in [0.3, 0.4) is 0 Å². The van der Waals surface area contributed by atoms with E-state index in [-0.39, 0.29) is 37.8 Å². The molecule has 55 heavy (non-hydrogen) atoms. The molecule has 0 aliphatic carbocycles. The normalized spacial score (nSPS) is 13.3. The largest absolute Gasteiger partial charge is 0.462 e. The molecule has 1 amide bonds. The van der Waals surface area contributed by atoms with Crippen LogP contribution < -0.4 is 0 Å². The molecule has 1 aliphatic heterocycles. The molecule has 1 saturated heterocycles. The SMILES string of the molecule is CCCCCCCCCCCCCCCCCC(=O)OCC(COC(=O)CCCCCCCCCCCCCCCCC)OC(=O)N(C)C1CN(CCO)C1. The highest BCUT2D eigenvalue weighted by Crippen LogP contribution is 2.17. The second-order valence-corrected chi connectivity index (χ2v) is 16.5. The molecular weight excluding hydrogens is 693 g/mol. The molecule has 1 fully saturated rings. The van der Waals surface area contributed by atoms with Crippen LogP contribution in [0.1, 0.15) is 219 Å². The van der Waals surface area contributed by atoms with Gasteiger partial charge >= 0.3 is 18.0 Å². The number of nitrogens with zero attached hydrogens (tertiary/aromatic N) is 2. The van der Waals surface area contributed by atoms with Crippen LogP contribution in [0.25, 0.3) is 0 Å². The summed E-state index contributed by atoms with van der Waals surface area (Å²) in [5, 5.41) is 9.16. The number of aliphatic hydroxyl groups excluding tert-OH is 1. The van der Waals surface area contributed by atoms with Gasteiger partial charge in [-0.2, -0.15) is 0 Å². The maximum Gasteiger partial charge on any atom is 0.410 e. The second-order valence-electron chi connectivity index (χ2n) is 16.5. The summed E-state index contributed by atoms with van der Waals surface area (Å²) >= 11 is 0. The van der Waals surface area contributed by atoms with Gasteiger partial charge in [-0.15, -0.1) is 0 Å². The number of unbranched alkanes of at least 4 members (excludes halogenated alkanes) is 28. The number of amides is 1. The Morgan fingerprint density at radius 2 is 0.855 bits per heavy atom. The van der Waals surface area contributed by atoms with Gasteiger partial charge in [0.05, 0.1) is 12.6 Å². The third-order valence-electron chi connectivity index (χ3n) is 11.3. The number of aliphatic hydroxyl groups is 1. The summed E-state index contributed by atoms with van der Waals surface area (Å²) in [6.07, 6.45) is 37.3. The molecule has 0 saturated carbocycles. The lowest BCUT2D eigenvalue weighted by atomic mass is 10.0. The minimum absolute atomic E-state index is 0.0139. The average molecular weight is 781 g/mol. The van der Waals surface area contributed by atoms with Crippen LogP contribution in [0, 0.1) is 0 Å². The minimum Gasteiger partial charge on any atom is -0.462 e. The standard InChI is InChI=1S/C46H88N2O7/c1-4-6-8-10-12-14-16-18-20-22-24-26-28-30-32-34-44(50)53-40-43(55-46(52)47(3)42-38-48(39-42)36-37-49)41-54-45(51)35-33-31-29-27-25-23-21-19-17-15-13-11-9-7-5-2/h42-43,49H,4-41H2,1-3H3. The summed E-state index contributed by atoms with van der Waals surface area (Å²) in [6, 6.07) is -0.0139. The molecule has 324 valence electrons. The third kappa shape index (κ3) is 30.9. The Morgan fingerprint density at radius 1 is 0.545 bits per heavy atom. The van der Waals surface area contributed by atoms with Gasteiger partial charge in [0, 0.05) is 39.5 Å². The van der Waals surface area contributed by atoms with E-state index in [1.54, 1.807) is 7.05 Å². The fraction of sp³-hybridized carbons (Fsp3) is 0.935. The molecule has 0 spiro atoms. The topological polar surface area (TPSA) is 106 Å². The van der Waals surface area contributed by atoms with Crippen molar-refractivity contribution in [3.8, 4) is 0 Å². The van der Waals surface area contributed by atoms with E-state index in [2.05, 4.69) is 18.7 Å². The van der Waals surface area contributed by atoms with Gasteiger partial charge in [0.1, 0.15) is 13.2 Å². The van der Waals surface area contributed by atoms with Gasteiger partial charge in [-0.05, 0) is 12.8 Å². The number of ether oxygens (including phenoxy) is 3. The minimum atomic E-state index is -0.862. The monoisotopic (exact) mass is 781 g/mol. The Labute approximate surface area is 338 Å². The summed E-state index contributed by atoms with van der Waals surface area (Å²) in [5.74, 6) is -0.626. The number of esters is 2. The molecule has 9 nitrogen and oxygen atoms in total. The number of rotatable bonds is 40. The Balaban J connectivity index is 2.23. The molecule has 0 aromatic rings. The van der Waals surface area contributed by atoms with Crippen molar-refractivity contribution in [1.29, 1.82) is 0 Å². The number of hydrogen-bond donors (Lipinski definition) is 1. The highest BCUT2D eigenvalue weighted by atomic mass is 16.6. The van der Waals surface area contributed by atoms with Crippen LogP contribution >= 0.6 is 0 Å². The van der Waals surface area contributed by atoms with Crippen LogP contribution in [-0.2, 0) is 23.8 Å². The van der Waals surface area contributed by atoms with Crippen molar-refractivity contribution >= 4 is 18.0 Å². The predicted molar refractivity (Wildman–Crippen MR) is 226 cm³/mol. The zero-order chi connectivity index (χ0) is 40.0. The van der Waals surface area contributed by atoms with E-state index < -0.39 is 12.2 Å². The Bertz CT molecular complexity index is 848. The lowest BCUT2D eigenvalue weighted by molar-refractivity contribution is -0.153. The molecule has 9 heteroatoms. The molecule has 0 radical (unpaired) electrons. The first-order valence-electron chi connectivity index (χ1n) is 23.5. The van der Waals surface area contributed by atoms with E-state index in [9.17, 15) is 14.4 Å². The number of likely N-dealkylation sites (tertiary alicyclic amines) is 1. The smallest absolute Gasteiger partial charge is 0.410 e. The molecule has 0 aromatic heterocycles. The van der Waals surface area contributed by atoms with Crippen molar-refractivity contribution in [3.63, 3.8) is 0 Å². The van der Waals surface area contributed by atoms with E-state index in [4.69, 9.17) is 19.3 Å². The van der Waals surface area contributed by atoms with E-state index in [1.165, 1.54) is 159 Å². The van der Waals surface area contributed by atoms with Gasteiger partial charge in [0.25, 0.3) is 0 Å². The van der Waals surface area contributed by atoms with Gasteiger partial charge in [0.15, 0.2) is 6.10 Å². The van der Waals surface area contributed by atoms with Gasteiger partial charge in [-0.3, -0.25) is 14.5 Å². The Hall–Kier alpha value is -1.87. The third-order valence-corrected chi connectivity index (χ3v) is 11.3. The van der Waals surface area contributed by atoms with Crippen molar-refractivity contribution in [3.05, 3.63) is 0 Å². The van der Waals surface area contributed by atoms with Crippen LogP contribution in [-0.4, -0.2) is 91.6 Å². The van der Waals surface area contributed by atoms with Gasteiger partial charge in [-0.25, -0.2) is 4.79 Å². The Kier molecular flexibility index (Phi) is 35.1. The van der Waals surface area contributed by atoms with Crippen LogP contribution in [0.2, 0.25) is 0 Å². The van der Waals surface area contributed by atoms with E-state index in [0.717, 1.165) is 38.5 Å². The molecule has 0 unspecified atom stereocenters. The van der Waals surface area contributed by atoms with Gasteiger partial charge in [-0.1, -0.05) is 194 Å². The quantitative estimate of drug-likeness (QED) is 0.0372. The summed E-state index contributed by atoms with van der Waals surface area (Å²) in [6.45, 7) is 6.25. The molecule has 1 aliphatic rings. The highest BCUT2D eigenvalue weighted by molar-refractivity contribution is 5.70. The van der Waals surface area contributed by atoms with Crippen molar-refractivity contribution in [1.82, 2.24) is 9.80 Å². The van der Waals surface area contributed by atoms with Crippen molar-refractivity contribution in [2.45, 2.75) is 231 Å². The predicted octanol–water partition coefficient (Wildman–Crippen LogP) is 11.7. The van der Waals surface area contributed by atoms with Gasteiger partial charge < -0.3 is 24.2 Å². The van der Waals surface area contributed by atoms with E-state index in [1.807, 2.05) is 0 Å². The van der Waals surface area contributed by atoms with Crippen molar-refractivity contribution < 1.29 is 33.7 Å². The average Bonchev–Trinajstić information content (AvgIpc) is 3.16. The number of carbonyl (C=O) groups is 3. The van der Waals surface area contributed by atoms with E-state index >= 15 is 0 Å². The first-order valence-corrected chi connectivity index (χ1v) is 23.5. The number of β-amino-alcohol motifs (C(OH)–C–C–N with tert-alkyl or cyclic N) is 1. The maximum atomic E-state index is 13.0. The first kappa shape index (κ1) is 51.1. The molecule has 0 atom stereocenters. The molecule has 0 bridgehead atoms. The zero-order valence-corrected chi connectivity index (χ0v) is 36.3. The molecular formula is C46H88N2O7. The number of hydrogen-bond acceptors (Lipinski definition) is 8. The summed E-state index contributed by atoms with van der Waals surface area (Å²) < 4.78 is 16.7. The van der Waals surface area contributed by atoms with Crippen LogP contribution in [0.5, 0.6) is 0 Å². The molecule has 0 aromatic carbocycles.